The summed E-state index contributed by atoms with van der Waals surface area (Å²) in [7, 11) is 0. The van der Waals surface area contributed by atoms with Crippen LogP contribution in [0.4, 0.5) is 26.5 Å². The summed E-state index contributed by atoms with van der Waals surface area (Å²) in [6.45, 7) is 3.64. The number of carbonyl (C=O) groups excluding carboxylic acids is 2. The Balaban J connectivity index is 1.32. The number of ketones is 1. The van der Waals surface area contributed by atoms with E-state index in [4.69, 9.17) is 16.3 Å². The molecular weight excluding hydrogens is 473 g/mol. The maximum absolute atomic E-state index is 14.1. The number of halogens is 2. The summed E-state index contributed by atoms with van der Waals surface area (Å²) in [5.41, 5.74) is 2.27. The first-order valence-corrected chi connectivity index (χ1v) is 11.6. The van der Waals surface area contributed by atoms with Crippen molar-refractivity contribution in [2.75, 3.05) is 41.4 Å². The van der Waals surface area contributed by atoms with E-state index in [0.717, 1.165) is 30.2 Å². The highest BCUT2D eigenvalue weighted by Gasteiger charge is 2.28. The monoisotopic (exact) mass is 495 g/mol. The van der Waals surface area contributed by atoms with Crippen molar-refractivity contribution < 1.29 is 18.7 Å². The second-order valence-electron chi connectivity index (χ2n) is 8.55. The first-order valence-electron chi connectivity index (χ1n) is 11.3. The zero-order valence-corrected chi connectivity index (χ0v) is 19.8. The summed E-state index contributed by atoms with van der Waals surface area (Å²) in [6.07, 6.45) is 4.29. The molecule has 2 amide bonds. The SMILES string of the molecule is CC(=O)C1CCN(c2ncc(-c3ccc4c(c3)OCCN4C(=O)Nc3ccc(Cl)cc3F)cn2)C1. The van der Waals surface area contributed by atoms with Crippen LogP contribution in [0.2, 0.25) is 5.02 Å². The Hall–Kier alpha value is -3.72. The topological polar surface area (TPSA) is 87.7 Å². The number of carbonyl (C=O) groups is 2. The third kappa shape index (κ3) is 4.77. The number of nitrogens with one attached hydrogen (secondary N) is 1. The van der Waals surface area contributed by atoms with E-state index in [2.05, 4.69) is 15.3 Å². The molecule has 1 unspecified atom stereocenters. The molecule has 10 heteroatoms. The van der Waals surface area contributed by atoms with Crippen LogP contribution in [-0.4, -0.2) is 48.0 Å². The molecule has 180 valence electrons. The average Bonchev–Trinajstić information content (AvgIpc) is 3.36. The Labute approximate surface area is 206 Å². The minimum absolute atomic E-state index is 0.0346. The van der Waals surface area contributed by atoms with Gasteiger partial charge in [0.15, 0.2) is 0 Å². The number of aromatic nitrogens is 2. The van der Waals surface area contributed by atoms with Gasteiger partial charge in [-0.2, -0.15) is 0 Å². The second-order valence-corrected chi connectivity index (χ2v) is 8.99. The van der Waals surface area contributed by atoms with Gasteiger partial charge in [0, 0.05) is 42.0 Å². The molecule has 0 aliphatic carbocycles. The highest BCUT2D eigenvalue weighted by Crippen LogP contribution is 2.36. The molecule has 8 nitrogen and oxygen atoms in total. The summed E-state index contributed by atoms with van der Waals surface area (Å²) >= 11 is 5.79. The predicted octanol–water partition coefficient (Wildman–Crippen LogP) is 4.78. The molecule has 2 aromatic carbocycles. The van der Waals surface area contributed by atoms with Crippen LogP contribution in [0.3, 0.4) is 0 Å². The summed E-state index contributed by atoms with van der Waals surface area (Å²) < 4.78 is 19.9. The number of ether oxygens (including phenoxy) is 1. The molecule has 5 rings (SSSR count). The van der Waals surface area contributed by atoms with E-state index < -0.39 is 11.8 Å². The van der Waals surface area contributed by atoms with E-state index >= 15 is 0 Å². The number of fused-ring (bicyclic) bond motifs is 1. The van der Waals surface area contributed by atoms with Gasteiger partial charge in [0.1, 0.15) is 24.0 Å². The van der Waals surface area contributed by atoms with Crippen LogP contribution in [0.15, 0.2) is 48.8 Å². The number of Topliss-reactive ketones (excluding diaryl/α,β-unsaturated/α-hetero) is 1. The number of hydrogen-bond donors (Lipinski definition) is 1. The molecule has 3 heterocycles. The molecular formula is C25H23ClFN5O3. The Morgan fingerprint density at radius 2 is 1.91 bits per heavy atom. The summed E-state index contributed by atoms with van der Waals surface area (Å²) in [6, 6.07) is 9.09. The molecule has 35 heavy (non-hydrogen) atoms. The Morgan fingerprint density at radius 1 is 1.11 bits per heavy atom. The third-order valence-corrected chi connectivity index (χ3v) is 6.49. The summed E-state index contributed by atoms with van der Waals surface area (Å²) in [5.74, 6) is 0.757. The highest BCUT2D eigenvalue weighted by atomic mass is 35.5. The van der Waals surface area contributed by atoms with Crippen molar-refractivity contribution in [2.45, 2.75) is 13.3 Å². The fourth-order valence-corrected chi connectivity index (χ4v) is 4.45. The molecule has 3 aromatic rings. The lowest BCUT2D eigenvalue weighted by molar-refractivity contribution is -0.120. The lowest BCUT2D eigenvalue weighted by atomic mass is 10.1. The van der Waals surface area contributed by atoms with Gasteiger partial charge in [0.2, 0.25) is 5.95 Å². The lowest BCUT2D eigenvalue weighted by Crippen LogP contribution is -2.40. The molecule has 0 saturated carbocycles. The highest BCUT2D eigenvalue weighted by molar-refractivity contribution is 6.30. The van der Waals surface area contributed by atoms with Gasteiger partial charge in [-0.05, 0) is 49.2 Å². The van der Waals surface area contributed by atoms with Gasteiger partial charge in [-0.25, -0.2) is 19.2 Å². The van der Waals surface area contributed by atoms with Gasteiger partial charge < -0.3 is 15.0 Å². The number of urea groups is 1. The van der Waals surface area contributed by atoms with E-state index in [1.807, 2.05) is 17.0 Å². The largest absolute Gasteiger partial charge is 0.490 e. The van der Waals surface area contributed by atoms with E-state index in [-0.39, 0.29) is 22.4 Å². The zero-order valence-electron chi connectivity index (χ0n) is 19.0. The second kappa shape index (κ2) is 9.50. The number of nitrogens with zero attached hydrogens (tertiary/aromatic N) is 4. The number of benzene rings is 2. The average molecular weight is 496 g/mol. The van der Waals surface area contributed by atoms with Gasteiger partial charge in [0.05, 0.1) is 17.9 Å². The minimum atomic E-state index is -0.608. The van der Waals surface area contributed by atoms with Crippen molar-refractivity contribution in [2.24, 2.45) is 5.92 Å². The molecule has 0 bridgehead atoms. The molecule has 1 aromatic heterocycles. The van der Waals surface area contributed by atoms with Crippen LogP contribution < -0.4 is 19.9 Å². The molecule has 1 saturated heterocycles. The van der Waals surface area contributed by atoms with Crippen molar-refractivity contribution in [3.05, 3.63) is 59.6 Å². The first-order chi connectivity index (χ1) is 16.9. The first kappa shape index (κ1) is 23.0. The van der Waals surface area contributed by atoms with Gasteiger partial charge in [0.25, 0.3) is 0 Å². The smallest absolute Gasteiger partial charge is 0.326 e. The summed E-state index contributed by atoms with van der Waals surface area (Å²) in [5, 5.41) is 2.84. The molecule has 2 aliphatic rings. The molecule has 0 radical (unpaired) electrons. The van der Waals surface area contributed by atoms with E-state index in [9.17, 15) is 14.0 Å². The Bertz CT molecular complexity index is 1290. The van der Waals surface area contributed by atoms with E-state index in [1.54, 1.807) is 25.4 Å². The van der Waals surface area contributed by atoms with Crippen LogP contribution in [0.5, 0.6) is 5.75 Å². The van der Waals surface area contributed by atoms with Crippen LogP contribution >= 0.6 is 11.6 Å². The van der Waals surface area contributed by atoms with E-state index in [0.29, 0.717) is 37.1 Å². The van der Waals surface area contributed by atoms with Gasteiger partial charge in [-0.1, -0.05) is 17.7 Å². The fourth-order valence-electron chi connectivity index (χ4n) is 4.29. The van der Waals surface area contributed by atoms with Gasteiger partial charge in [-0.3, -0.25) is 9.69 Å². The van der Waals surface area contributed by atoms with Crippen molar-refractivity contribution in [1.82, 2.24) is 9.97 Å². The van der Waals surface area contributed by atoms with Gasteiger partial charge in [-0.15, -0.1) is 0 Å². The lowest BCUT2D eigenvalue weighted by Gasteiger charge is -2.30. The molecule has 0 spiro atoms. The number of rotatable bonds is 4. The standard InChI is InChI=1S/C25H23ClFN5O3/c1-15(33)17-6-7-31(14-17)24-28-12-18(13-29-24)16-2-5-22-23(10-16)35-9-8-32(22)25(34)30-21-4-3-19(26)11-20(21)27/h2-5,10-13,17H,6-9,14H2,1H3,(H,30,34). The number of anilines is 3. The zero-order chi connectivity index (χ0) is 24.5. The quantitative estimate of drug-likeness (QED) is 0.560. The minimum Gasteiger partial charge on any atom is -0.490 e. The molecule has 1 atom stereocenters. The fraction of sp³-hybridized carbons (Fsp3) is 0.280. The number of amides is 2. The Morgan fingerprint density at radius 3 is 2.63 bits per heavy atom. The van der Waals surface area contributed by atoms with Crippen molar-refractivity contribution in [3.63, 3.8) is 0 Å². The van der Waals surface area contributed by atoms with Crippen LogP contribution in [-0.2, 0) is 4.79 Å². The van der Waals surface area contributed by atoms with Crippen molar-refractivity contribution in [3.8, 4) is 16.9 Å². The third-order valence-electron chi connectivity index (χ3n) is 6.26. The molecule has 1 N–H and O–H groups in total. The van der Waals surface area contributed by atoms with E-state index in [1.165, 1.54) is 17.0 Å². The predicted molar refractivity (Wildman–Crippen MR) is 132 cm³/mol. The van der Waals surface area contributed by atoms with Crippen LogP contribution in [0.1, 0.15) is 13.3 Å². The Kier molecular flexibility index (Phi) is 6.25. The van der Waals surface area contributed by atoms with Crippen molar-refractivity contribution >= 4 is 40.7 Å². The van der Waals surface area contributed by atoms with Crippen molar-refractivity contribution in [1.29, 1.82) is 0 Å². The number of hydrogen-bond acceptors (Lipinski definition) is 6. The maximum Gasteiger partial charge on any atom is 0.326 e. The summed E-state index contributed by atoms with van der Waals surface area (Å²) in [4.78, 5) is 37.0. The van der Waals surface area contributed by atoms with Gasteiger partial charge >= 0.3 is 6.03 Å². The molecule has 1 fully saturated rings. The maximum atomic E-state index is 14.1. The normalized spacial score (nSPS) is 17.1. The van der Waals surface area contributed by atoms with Crippen LogP contribution in [0.25, 0.3) is 11.1 Å². The molecule has 2 aliphatic heterocycles. The van der Waals surface area contributed by atoms with Crippen LogP contribution in [0, 0.1) is 11.7 Å².